The van der Waals surface area contributed by atoms with Crippen LogP contribution in [-0.2, 0) is 6.42 Å². The Morgan fingerprint density at radius 1 is 1.03 bits per heavy atom. The molecule has 8 heteroatoms. The Labute approximate surface area is 192 Å². The summed E-state index contributed by atoms with van der Waals surface area (Å²) in [6.07, 6.45) is 0.784. The van der Waals surface area contributed by atoms with E-state index in [9.17, 15) is 4.79 Å². The van der Waals surface area contributed by atoms with Gasteiger partial charge in [0.1, 0.15) is 5.75 Å². The third kappa shape index (κ3) is 5.15. The number of nitrogens with two attached hydrogens (primary N) is 1. The van der Waals surface area contributed by atoms with E-state index in [1.807, 2.05) is 48.7 Å². The van der Waals surface area contributed by atoms with Crippen LogP contribution in [0.5, 0.6) is 28.7 Å². The molecule has 1 unspecified atom stereocenters. The Morgan fingerprint density at radius 3 is 2.28 bits per heavy atom. The molecule has 3 aromatic rings. The first kappa shape index (κ1) is 23.4. The van der Waals surface area contributed by atoms with Crippen LogP contribution in [0.1, 0.15) is 33.8 Å². The summed E-state index contributed by atoms with van der Waals surface area (Å²) < 4.78 is 22.7. The Hall–Kier alpha value is -3.23. The number of carbonyl (C=O) groups excluding carboxylic acids is 1. The summed E-state index contributed by atoms with van der Waals surface area (Å²) >= 11 is 1.58. The van der Waals surface area contributed by atoms with Crippen molar-refractivity contribution < 1.29 is 23.7 Å². The number of nitrogens with one attached hydrogen (secondary N) is 1. The maximum absolute atomic E-state index is 13.2. The fraction of sp³-hybridized carbons (Fsp3) is 0.292. The number of thiophene rings is 1. The van der Waals surface area contributed by atoms with Gasteiger partial charge in [0.05, 0.1) is 32.9 Å². The van der Waals surface area contributed by atoms with Gasteiger partial charge in [0, 0.05) is 10.9 Å². The van der Waals surface area contributed by atoms with Crippen LogP contribution < -0.4 is 30.0 Å². The second kappa shape index (κ2) is 10.9. The molecule has 7 nitrogen and oxygen atoms in total. The first-order valence-electron chi connectivity index (χ1n) is 10.2. The molecule has 0 bridgehead atoms. The fourth-order valence-electron chi connectivity index (χ4n) is 3.33. The highest BCUT2D eigenvalue weighted by molar-refractivity contribution is 7.10. The monoisotopic (exact) mass is 456 g/mol. The molecular weight excluding hydrogens is 428 g/mol. The van der Waals surface area contributed by atoms with Crippen molar-refractivity contribution in [3.63, 3.8) is 0 Å². The van der Waals surface area contributed by atoms with Crippen LogP contribution in [0.3, 0.4) is 0 Å². The second-order valence-corrected chi connectivity index (χ2v) is 8.00. The van der Waals surface area contributed by atoms with Crippen LogP contribution in [0.2, 0.25) is 0 Å². The molecule has 0 spiro atoms. The van der Waals surface area contributed by atoms with Crippen molar-refractivity contribution in [2.24, 2.45) is 5.73 Å². The van der Waals surface area contributed by atoms with Gasteiger partial charge in [0.15, 0.2) is 11.5 Å². The Kier molecular flexibility index (Phi) is 7.97. The lowest BCUT2D eigenvalue weighted by Crippen LogP contribution is -2.26. The van der Waals surface area contributed by atoms with E-state index in [0.717, 1.165) is 16.9 Å². The molecule has 3 rings (SSSR count). The van der Waals surface area contributed by atoms with Gasteiger partial charge < -0.3 is 30.0 Å². The fourth-order valence-corrected chi connectivity index (χ4v) is 4.06. The van der Waals surface area contributed by atoms with E-state index < -0.39 is 0 Å². The summed E-state index contributed by atoms with van der Waals surface area (Å²) in [5, 5.41) is 4.97. The van der Waals surface area contributed by atoms with Crippen molar-refractivity contribution in [1.29, 1.82) is 0 Å². The van der Waals surface area contributed by atoms with Crippen molar-refractivity contribution in [2.45, 2.75) is 19.4 Å². The second-order valence-electron chi connectivity index (χ2n) is 7.02. The summed E-state index contributed by atoms with van der Waals surface area (Å²) in [4.78, 5) is 14.2. The maximum atomic E-state index is 13.2. The van der Waals surface area contributed by atoms with Gasteiger partial charge in [-0.3, -0.25) is 4.79 Å². The molecule has 1 atom stereocenters. The average molecular weight is 457 g/mol. The van der Waals surface area contributed by atoms with E-state index in [1.165, 1.54) is 21.3 Å². The normalized spacial score (nSPS) is 11.5. The molecule has 32 heavy (non-hydrogen) atoms. The lowest BCUT2D eigenvalue weighted by molar-refractivity contribution is 0.0936. The van der Waals surface area contributed by atoms with Gasteiger partial charge in [0.25, 0.3) is 5.91 Å². The van der Waals surface area contributed by atoms with Crippen molar-refractivity contribution in [3.05, 3.63) is 63.8 Å². The zero-order chi connectivity index (χ0) is 23.1. The lowest BCUT2D eigenvalue weighted by atomic mass is 10.1. The summed E-state index contributed by atoms with van der Waals surface area (Å²) in [7, 11) is 4.47. The van der Waals surface area contributed by atoms with E-state index in [4.69, 9.17) is 24.7 Å². The zero-order valence-electron chi connectivity index (χ0n) is 18.6. The first-order valence-corrected chi connectivity index (χ1v) is 11.0. The van der Waals surface area contributed by atoms with E-state index >= 15 is 0 Å². The van der Waals surface area contributed by atoms with Crippen LogP contribution in [0, 0.1) is 0 Å². The van der Waals surface area contributed by atoms with Gasteiger partial charge >= 0.3 is 0 Å². The molecule has 0 fully saturated rings. The van der Waals surface area contributed by atoms with Crippen LogP contribution in [0.15, 0.2) is 47.8 Å². The molecule has 0 saturated carbocycles. The van der Waals surface area contributed by atoms with Gasteiger partial charge in [-0.05, 0) is 49.0 Å². The molecule has 1 heterocycles. The Bertz CT molecular complexity index is 1040. The minimum Gasteiger partial charge on any atom is -0.492 e. The summed E-state index contributed by atoms with van der Waals surface area (Å²) in [6, 6.07) is 13.0. The molecule has 2 aromatic carbocycles. The standard InChI is InChI=1S/C24H28N2O5S/c1-15(20-6-5-13-32-20)26-24(27)18-14-19(22(29-3)23(30-4)21(18)28-2)31-17-9-7-16(8-10-17)11-12-25/h5-10,13-15H,11-12,25H2,1-4H3,(H,26,27). The van der Waals surface area contributed by atoms with Crippen molar-refractivity contribution in [3.8, 4) is 28.7 Å². The van der Waals surface area contributed by atoms with Crippen molar-refractivity contribution >= 4 is 17.2 Å². The van der Waals surface area contributed by atoms with Gasteiger partial charge in [-0.2, -0.15) is 0 Å². The molecule has 1 amide bonds. The summed E-state index contributed by atoms with van der Waals surface area (Å²) in [5.41, 5.74) is 7.01. The summed E-state index contributed by atoms with van der Waals surface area (Å²) in [5.74, 6) is 1.50. The molecule has 0 aliphatic heterocycles. The average Bonchev–Trinajstić information content (AvgIpc) is 3.34. The largest absolute Gasteiger partial charge is 0.492 e. The third-order valence-corrected chi connectivity index (χ3v) is 5.97. The number of hydrogen-bond donors (Lipinski definition) is 2. The maximum Gasteiger partial charge on any atom is 0.255 e. The zero-order valence-corrected chi connectivity index (χ0v) is 19.5. The Morgan fingerprint density at radius 2 is 1.72 bits per heavy atom. The molecular formula is C24H28N2O5S. The minimum absolute atomic E-state index is 0.167. The van der Waals surface area contributed by atoms with Crippen molar-refractivity contribution in [2.75, 3.05) is 27.9 Å². The number of amides is 1. The Balaban J connectivity index is 1.98. The van der Waals surface area contributed by atoms with E-state index in [0.29, 0.717) is 23.8 Å². The number of benzene rings is 2. The number of methoxy groups -OCH3 is 3. The van der Waals surface area contributed by atoms with Crippen LogP contribution in [-0.4, -0.2) is 33.8 Å². The molecule has 1 aromatic heterocycles. The number of carbonyl (C=O) groups is 1. The molecule has 0 radical (unpaired) electrons. The topological polar surface area (TPSA) is 92.0 Å². The SMILES string of the molecule is COc1c(Oc2ccc(CCN)cc2)cc(C(=O)NC(C)c2cccs2)c(OC)c1OC. The molecule has 170 valence electrons. The highest BCUT2D eigenvalue weighted by Crippen LogP contribution is 2.48. The van der Waals surface area contributed by atoms with E-state index in [2.05, 4.69) is 5.32 Å². The minimum atomic E-state index is -0.313. The van der Waals surface area contributed by atoms with Gasteiger partial charge in [0.2, 0.25) is 11.5 Å². The number of hydrogen-bond acceptors (Lipinski definition) is 7. The van der Waals surface area contributed by atoms with Crippen LogP contribution >= 0.6 is 11.3 Å². The first-order chi connectivity index (χ1) is 15.5. The molecule has 3 N–H and O–H groups in total. The predicted octanol–water partition coefficient (Wildman–Crippen LogP) is 4.56. The third-order valence-electron chi connectivity index (χ3n) is 4.92. The number of ether oxygens (including phenoxy) is 4. The lowest BCUT2D eigenvalue weighted by Gasteiger charge is -2.20. The van der Waals surface area contributed by atoms with E-state index in [-0.39, 0.29) is 29.0 Å². The van der Waals surface area contributed by atoms with Gasteiger partial charge in [-0.15, -0.1) is 11.3 Å². The highest BCUT2D eigenvalue weighted by Gasteiger charge is 2.27. The van der Waals surface area contributed by atoms with Crippen LogP contribution in [0.25, 0.3) is 0 Å². The van der Waals surface area contributed by atoms with Crippen LogP contribution in [0.4, 0.5) is 0 Å². The van der Waals surface area contributed by atoms with E-state index in [1.54, 1.807) is 17.4 Å². The number of rotatable bonds is 10. The van der Waals surface area contributed by atoms with Crippen molar-refractivity contribution in [1.82, 2.24) is 5.32 Å². The molecule has 0 aliphatic carbocycles. The quantitative estimate of drug-likeness (QED) is 0.465. The van der Waals surface area contributed by atoms with Gasteiger partial charge in [-0.1, -0.05) is 18.2 Å². The van der Waals surface area contributed by atoms with Gasteiger partial charge in [-0.25, -0.2) is 0 Å². The predicted molar refractivity (Wildman–Crippen MR) is 126 cm³/mol. The molecule has 0 saturated heterocycles. The highest BCUT2D eigenvalue weighted by atomic mass is 32.1. The summed E-state index contributed by atoms with van der Waals surface area (Å²) in [6.45, 7) is 2.50. The molecule has 0 aliphatic rings. The smallest absolute Gasteiger partial charge is 0.255 e.